The molecule has 0 saturated heterocycles. The van der Waals surface area contributed by atoms with Crippen molar-refractivity contribution < 1.29 is 0 Å². The lowest BCUT2D eigenvalue weighted by Gasteiger charge is -2.11. The van der Waals surface area contributed by atoms with Gasteiger partial charge in [0.25, 0.3) is 0 Å². The van der Waals surface area contributed by atoms with E-state index in [0.717, 1.165) is 25.6 Å². The zero-order valence-corrected chi connectivity index (χ0v) is 9.69. The van der Waals surface area contributed by atoms with E-state index >= 15 is 0 Å². The van der Waals surface area contributed by atoms with Crippen molar-refractivity contribution in [1.82, 2.24) is 9.88 Å². The third-order valence-electron chi connectivity index (χ3n) is 3.26. The van der Waals surface area contributed by atoms with E-state index in [1.807, 2.05) is 12.3 Å². The summed E-state index contributed by atoms with van der Waals surface area (Å²) in [7, 11) is 0. The fourth-order valence-corrected chi connectivity index (χ4v) is 2.33. The fraction of sp³-hybridized carbons (Fsp3) is 0.615. The molecule has 1 heterocycles. The van der Waals surface area contributed by atoms with E-state index in [1.165, 1.54) is 25.7 Å². The Hall–Kier alpha value is -1.09. The smallest absolute Gasteiger partial charge is 0.250 e. The summed E-state index contributed by atoms with van der Waals surface area (Å²) in [6.45, 7) is 1.84. The number of nitrogens with zero attached hydrogens (tertiary/aromatic N) is 1. The van der Waals surface area contributed by atoms with Gasteiger partial charge in [-0.15, -0.1) is 0 Å². The lowest BCUT2D eigenvalue weighted by atomic mass is 10.2. The van der Waals surface area contributed by atoms with Gasteiger partial charge in [0.2, 0.25) is 5.56 Å². The maximum atomic E-state index is 11.4. The number of nitrogens with one attached hydrogen (secondary N) is 1. The Bertz CT molecular complexity index is 366. The zero-order valence-electron chi connectivity index (χ0n) is 9.69. The Kier molecular flexibility index (Phi) is 4.17. The van der Waals surface area contributed by atoms with Crippen LogP contribution in [-0.2, 0) is 6.54 Å². The van der Waals surface area contributed by atoms with Crippen molar-refractivity contribution >= 4 is 0 Å². The molecule has 0 unspecified atom stereocenters. The van der Waals surface area contributed by atoms with E-state index < -0.39 is 0 Å². The third-order valence-corrected chi connectivity index (χ3v) is 3.26. The van der Waals surface area contributed by atoms with Crippen LogP contribution in [0.3, 0.4) is 0 Å². The van der Waals surface area contributed by atoms with Gasteiger partial charge < -0.3 is 9.88 Å². The van der Waals surface area contributed by atoms with Crippen molar-refractivity contribution in [3.63, 3.8) is 0 Å². The number of hydrogen-bond acceptors (Lipinski definition) is 2. The molecule has 1 aromatic heterocycles. The monoisotopic (exact) mass is 220 g/mol. The average molecular weight is 220 g/mol. The van der Waals surface area contributed by atoms with E-state index in [0.29, 0.717) is 0 Å². The minimum absolute atomic E-state index is 0.100. The van der Waals surface area contributed by atoms with Gasteiger partial charge in [0.15, 0.2) is 0 Å². The first-order valence-corrected chi connectivity index (χ1v) is 6.25. The molecule has 0 radical (unpaired) electrons. The van der Waals surface area contributed by atoms with Crippen molar-refractivity contribution in [3.05, 3.63) is 34.7 Å². The second-order valence-electron chi connectivity index (χ2n) is 4.52. The third kappa shape index (κ3) is 3.20. The molecule has 2 rings (SSSR count). The second kappa shape index (κ2) is 5.85. The summed E-state index contributed by atoms with van der Waals surface area (Å²) in [5.41, 5.74) is 0.100. The van der Waals surface area contributed by atoms with Crippen LogP contribution in [0.25, 0.3) is 0 Å². The SMILES string of the molecule is O=c1ccccn1CCCNC1CCCC1. The van der Waals surface area contributed by atoms with Crippen LogP contribution in [0.1, 0.15) is 32.1 Å². The van der Waals surface area contributed by atoms with Crippen molar-refractivity contribution in [2.24, 2.45) is 0 Å². The Morgan fingerprint density at radius 1 is 1.31 bits per heavy atom. The van der Waals surface area contributed by atoms with Gasteiger partial charge in [-0.05, 0) is 31.9 Å². The topological polar surface area (TPSA) is 34.0 Å². The number of aryl methyl sites for hydroxylation is 1. The first kappa shape index (κ1) is 11.4. The van der Waals surface area contributed by atoms with Gasteiger partial charge >= 0.3 is 0 Å². The summed E-state index contributed by atoms with van der Waals surface area (Å²) < 4.78 is 1.77. The molecular formula is C13H20N2O. The molecule has 0 aliphatic heterocycles. The highest BCUT2D eigenvalue weighted by molar-refractivity contribution is 4.93. The summed E-state index contributed by atoms with van der Waals surface area (Å²) in [6.07, 6.45) is 8.28. The molecule has 1 aromatic rings. The minimum Gasteiger partial charge on any atom is -0.315 e. The van der Waals surface area contributed by atoms with Crippen molar-refractivity contribution in [1.29, 1.82) is 0 Å². The molecule has 0 spiro atoms. The predicted molar refractivity (Wildman–Crippen MR) is 65.6 cm³/mol. The number of aromatic nitrogens is 1. The lowest BCUT2D eigenvalue weighted by molar-refractivity contribution is 0.492. The second-order valence-corrected chi connectivity index (χ2v) is 4.52. The van der Waals surface area contributed by atoms with E-state index in [2.05, 4.69) is 5.32 Å². The predicted octanol–water partition coefficient (Wildman–Crippen LogP) is 1.77. The molecular weight excluding hydrogens is 200 g/mol. The quantitative estimate of drug-likeness (QED) is 0.767. The molecule has 0 atom stereocenters. The van der Waals surface area contributed by atoms with Gasteiger partial charge in [0, 0.05) is 24.8 Å². The molecule has 0 amide bonds. The van der Waals surface area contributed by atoms with Gasteiger partial charge in [-0.25, -0.2) is 0 Å². The van der Waals surface area contributed by atoms with Crippen LogP contribution in [0.15, 0.2) is 29.2 Å². The van der Waals surface area contributed by atoms with Crippen LogP contribution in [0.2, 0.25) is 0 Å². The molecule has 1 fully saturated rings. The van der Waals surface area contributed by atoms with Crippen molar-refractivity contribution in [3.8, 4) is 0 Å². The Morgan fingerprint density at radius 2 is 2.12 bits per heavy atom. The molecule has 88 valence electrons. The normalized spacial score (nSPS) is 16.8. The standard InChI is InChI=1S/C13H20N2O/c16-13-8-3-4-10-15(13)11-5-9-14-12-6-1-2-7-12/h3-4,8,10,12,14H,1-2,5-7,9,11H2. The Labute approximate surface area is 96.5 Å². The van der Waals surface area contributed by atoms with Crippen LogP contribution < -0.4 is 10.9 Å². The van der Waals surface area contributed by atoms with E-state index in [9.17, 15) is 4.79 Å². The van der Waals surface area contributed by atoms with Gasteiger partial charge in [0.05, 0.1) is 0 Å². The summed E-state index contributed by atoms with van der Waals surface area (Å²) in [5.74, 6) is 0. The minimum atomic E-state index is 0.100. The number of hydrogen-bond donors (Lipinski definition) is 1. The summed E-state index contributed by atoms with van der Waals surface area (Å²) >= 11 is 0. The van der Waals surface area contributed by atoms with Crippen molar-refractivity contribution in [2.45, 2.75) is 44.7 Å². The molecule has 1 aliphatic carbocycles. The van der Waals surface area contributed by atoms with Crippen LogP contribution in [0, 0.1) is 0 Å². The van der Waals surface area contributed by atoms with Gasteiger partial charge in [-0.1, -0.05) is 18.9 Å². The largest absolute Gasteiger partial charge is 0.315 e. The van der Waals surface area contributed by atoms with Gasteiger partial charge in [-0.2, -0.15) is 0 Å². The summed E-state index contributed by atoms with van der Waals surface area (Å²) in [4.78, 5) is 11.4. The molecule has 3 nitrogen and oxygen atoms in total. The molecule has 0 bridgehead atoms. The molecule has 1 saturated carbocycles. The van der Waals surface area contributed by atoms with Gasteiger partial charge in [-0.3, -0.25) is 4.79 Å². The lowest BCUT2D eigenvalue weighted by Crippen LogP contribution is -2.28. The average Bonchev–Trinajstić information content (AvgIpc) is 2.79. The summed E-state index contributed by atoms with van der Waals surface area (Å²) in [5, 5.41) is 3.56. The molecule has 3 heteroatoms. The van der Waals surface area contributed by atoms with E-state index in [4.69, 9.17) is 0 Å². The van der Waals surface area contributed by atoms with E-state index in [1.54, 1.807) is 16.7 Å². The highest BCUT2D eigenvalue weighted by atomic mass is 16.1. The maximum absolute atomic E-state index is 11.4. The van der Waals surface area contributed by atoms with Crippen molar-refractivity contribution in [2.75, 3.05) is 6.54 Å². The van der Waals surface area contributed by atoms with Gasteiger partial charge in [0.1, 0.15) is 0 Å². The number of pyridine rings is 1. The van der Waals surface area contributed by atoms with Crippen LogP contribution >= 0.6 is 0 Å². The number of rotatable bonds is 5. The molecule has 1 aliphatic rings. The highest BCUT2D eigenvalue weighted by Gasteiger charge is 2.13. The molecule has 1 N–H and O–H groups in total. The molecule has 0 aromatic carbocycles. The fourth-order valence-electron chi connectivity index (χ4n) is 2.33. The summed E-state index contributed by atoms with van der Waals surface area (Å²) in [6, 6.07) is 6.04. The van der Waals surface area contributed by atoms with E-state index in [-0.39, 0.29) is 5.56 Å². The van der Waals surface area contributed by atoms with Crippen LogP contribution in [0.5, 0.6) is 0 Å². The molecule has 16 heavy (non-hydrogen) atoms. The van der Waals surface area contributed by atoms with Crippen LogP contribution in [-0.4, -0.2) is 17.2 Å². The Balaban J connectivity index is 1.68. The highest BCUT2D eigenvalue weighted by Crippen LogP contribution is 2.17. The Morgan fingerprint density at radius 3 is 2.88 bits per heavy atom. The van der Waals surface area contributed by atoms with Crippen LogP contribution in [0.4, 0.5) is 0 Å². The maximum Gasteiger partial charge on any atom is 0.250 e. The first-order chi connectivity index (χ1) is 7.86. The first-order valence-electron chi connectivity index (χ1n) is 6.25. The zero-order chi connectivity index (χ0) is 11.2.